The van der Waals surface area contributed by atoms with E-state index in [9.17, 15) is 0 Å². The largest absolute Gasteiger partial charge is 0.496 e. The van der Waals surface area contributed by atoms with Gasteiger partial charge in [0, 0.05) is 16.1 Å². The van der Waals surface area contributed by atoms with Crippen molar-refractivity contribution in [3.8, 4) is 5.75 Å². The molecule has 2 aromatic carbocycles. The second kappa shape index (κ2) is 6.42. The highest BCUT2D eigenvalue weighted by atomic mass is 79.9. The zero-order valence-electron chi connectivity index (χ0n) is 12.1. The van der Waals surface area contributed by atoms with Gasteiger partial charge >= 0.3 is 0 Å². The molecule has 1 atom stereocenters. The molecule has 0 fully saturated rings. The summed E-state index contributed by atoms with van der Waals surface area (Å²) in [6.45, 7) is 4.12. The lowest BCUT2D eigenvalue weighted by molar-refractivity contribution is 0.401. The summed E-state index contributed by atoms with van der Waals surface area (Å²) >= 11 is 3.60. The van der Waals surface area contributed by atoms with Crippen molar-refractivity contribution in [2.45, 2.75) is 26.3 Å². The molecule has 0 aliphatic heterocycles. The van der Waals surface area contributed by atoms with Crippen LogP contribution in [0.4, 0.5) is 0 Å². The van der Waals surface area contributed by atoms with Gasteiger partial charge in [-0.25, -0.2) is 0 Å². The third kappa shape index (κ3) is 3.05. The van der Waals surface area contributed by atoms with Crippen molar-refractivity contribution in [2.24, 2.45) is 5.73 Å². The van der Waals surface area contributed by atoms with Crippen LogP contribution < -0.4 is 10.5 Å². The predicted molar refractivity (Wildman–Crippen MR) is 87.2 cm³/mol. The molecular weight excluding hydrogens is 314 g/mol. The van der Waals surface area contributed by atoms with Crippen LogP contribution in [-0.4, -0.2) is 7.11 Å². The second-order valence-corrected chi connectivity index (χ2v) is 5.90. The smallest absolute Gasteiger partial charge is 0.126 e. The average Bonchev–Trinajstić information content (AvgIpc) is 2.43. The van der Waals surface area contributed by atoms with Crippen molar-refractivity contribution < 1.29 is 4.74 Å². The van der Waals surface area contributed by atoms with Gasteiger partial charge in [-0.2, -0.15) is 0 Å². The van der Waals surface area contributed by atoms with Crippen LogP contribution in [0.2, 0.25) is 0 Å². The Balaban J connectivity index is 2.41. The van der Waals surface area contributed by atoms with Crippen molar-refractivity contribution in [1.29, 1.82) is 0 Å². The third-order valence-electron chi connectivity index (χ3n) is 3.58. The average molecular weight is 334 g/mol. The van der Waals surface area contributed by atoms with E-state index in [-0.39, 0.29) is 6.04 Å². The minimum absolute atomic E-state index is 0.0800. The van der Waals surface area contributed by atoms with Crippen molar-refractivity contribution in [2.75, 3.05) is 7.11 Å². The monoisotopic (exact) mass is 333 g/mol. The Bertz CT molecular complexity index is 596. The van der Waals surface area contributed by atoms with Gasteiger partial charge in [0.25, 0.3) is 0 Å². The van der Waals surface area contributed by atoms with Crippen LogP contribution in [-0.2, 0) is 6.42 Å². The Hall–Kier alpha value is -1.32. The zero-order chi connectivity index (χ0) is 14.7. The van der Waals surface area contributed by atoms with Crippen molar-refractivity contribution >= 4 is 15.9 Å². The highest BCUT2D eigenvalue weighted by Gasteiger charge is 2.19. The number of benzene rings is 2. The van der Waals surface area contributed by atoms with Crippen LogP contribution in [0.25, 0.3) is 0 Å². The van der Waals surface area contributed by atoms with E-state index in [0.29, 0.717) is 0 Å². The highest BCUT2D eigenvalue weighted by Crippen LogP contribution is 2.36. The van der Waals surface area contributed by atoms with Gasteiger partial charge in [0.15, 0.2) is 0 Å². The summed E-state index contributed by atoms with van der Waals surface area (Å²) in [6.07, 6.45) is 0.800. The molecule has 0 saturated heterocycles. The fourth-order valence-corrected chi connectivity index (χ4v) is 3.12. The quantitative estimate of drug-likeness (QED) is 0.904. The Labute approximate surface area is 129 Å². The van der Waals surface area contributed by atoms with Crippen LogP contribution in [0.15, 0.2) is 40.9 Å². The molecule has 1 unspecified atom stereocenters. The summed E-state index contributed by atoms with van der Waals surface area (Å²) in [5.41, 5.74) is 11.0. The fourth-order valence-electron chi connectivity index (χ4n) is 2.56. The van der Waals surface area contributed by atoms with Gasteiger partial charge in [0.2, 0.25) is 0 Å². The van der Waals surface area contributed by atoms with E-state index in [0.717, 1.165) is 33.3 Å². The van der Waals surface area contributed by atoms with E-state index in [1.54, 1.807) is 7.11 Å². The Morgan fingerprint density at radius 2 is 1.85 bits per heavy atom. The molecule has 2 N–H and O–H groups in total. The summed E-state index contributed by atoms with van der Waals surface area (Å²) in [6, 6.07) is 12.3. The summed E-state index contributed by atoms with van der Waals surface area (Å²) in [5, 5.41) is 0. The Kier molecular flexibility index (Phi) is 4.84. The summed E-state index contributed by atoms with van der Waals surface area (Å²) < 4.78 is 6.65. The number of ether oxygens (including phenoxy) is 1. The SMILES string of the molecule is COc1c(C)cc(Br)c(C)c1C(N)Cc1ccccc1. The molecule has 0 aliphatic carbocycles. The normalized spacial score (nSPS) is 12.2. The molecule has 0 saturated carbocycles. The molecule has 20 heavy (non-hydrogen) atoms. The van der Waals surface area contributed by atoms with Crippen molar-refractivity contribution in [3.63, 3.8) is 0 Å². The van der Waals surface area contributed by atoms with E-state index >= 15 is 0 Å². The molecule has 0 aliphatic rings. The van der Waals surface area contributed by atoms with E-state index in [4.69, 9.17) is 10.5 Å². The van der Waals surface area contributed by atoms with Gasteiger partial charge in [-0.15, -0.1) is 0 Å². The first-order valence-electron chi connectivity index (χ1n) is 6.67. The maximum atomic E-state index is 6.44. The summed E-state index contributed by atoms with van der Waals surface area (Å²) in [4.78, 5) is 0. The lowest BCUT2D eigenvalue weighted by Crippen LogP contribution is -2.16. The van der Waals surface area contributed by atoms with Crippen molar-refractivity contribution in [3.05, 3.63) is 63.1 Å². The number of aryl methyl sites for hydroxylation is 1. The standard InChI is InChI=1S/C17H20BrNO/c1-11-9-14(18)12(2)16(17(11)20-3)15(19)10-13-7-5-4-6-8-13/h4-9,15H,10,19H2,1-3H3. The lowest BCUT2D eigenvalue weighted by atomic mass is 9.93. The molecule has 0 radical (unpaired) electrons. The maximum Gasteiger partial charge on any atom is 0.126 e. The molecule has 2 nitrogen and oxygen atoms in total. The topological polar surface area (TPSA) is 35.2 Å². The summed E-state index contributed by atoms with van der Waals surface area (Å²) in [7, 11) is 1.70. The molecule has 2 aromatic rings. The van der Waals surface area contributed by atoms with Crippen LogP contribution in [0.1, 0.15) is 28.3 Å². The van der Waals surface area contributed by atoms with Crippen molar-refractivity contribution in [1.82, 2.24) is 0 Å². The molecule has 0 bridgehead atoms. The Morgan fingerprint density at radius 3 is 2.45 bits per heavy atom. The maximum absolute atomic E-state index is 6.44. The molecule has 3 heteroatoms. The van der Waals surface area contributed by atoms with Gasteiger partial charge in [0.1, 0.15) is 5.75 Å². The number of hydrogen-bond donors (Lipinski definition) is 1. The van der Waals surface area contributed by atoms with E-state index in [2.05, 4.69) is 41.1 Å². The molecule has 0 amide bonds. The van der Waals surface area contributed by atoms with Crippen LogP contribution in [0.5, 0.6) is 5.75 Å². The number of rotatable bonds is 4. The van der Waals surface area contributed by atoms with Crippen LogP contribution >= 0.6 is 15.9 Å². The van der Waals surface area contributed by atoms with Crippen LogP contribution in [0, 0.1) is 13.8 Å². The van der Waals surface area contributed by atoms with E-state index in [1.165, 1.54) is 5.56 Å². The Morgan fingerprint density at radius 1 is 1.20 bits per heavy atom. The summed E-state index contributed by atoms with van der Waals surface area (Å²) in [5.74, 6) is 0.897. The lowest BCUT2D eigenvalue weighted by Gasteiger charge is -2.21. The number of nitrogens with two attached hydrogens (primary N) is 1. The highest BCUT2D eigenvalue weighted by molar-refractivity contribution is 9.10. The molecule has 2 rings (SSSR count). The fraction of sp³-hybridized carbons (Fsp3) is 0.294. The van der Waals surface area contributed by atoms with E-state index in [1.807, 2.05) is 25.1 Å². The van der Waals surface area contributed by atoms with Gasteiger partial charge in [-0.1, -0.05) is 46.3 Å². The zero-order valence-corrected chi connectivity index (χ0v) is 13.7. The molecule has 0 aromatic heterocycles. The molecular formula is C17H20BrNO. The second-order valence-electron chi connectivity index (χ2n) is 5.04. The minimum Gasteiger partial charge on any atom is -0.496 e. The first-order chi connectivity index (χ1) is 9.54. The number of halogens is 1. The first-order valence-corrected chi connectivity index (χ1v) is 7.47. The van der Waals surface area contributed by atoms with E-state index < -0.39 is 0 Å². The molecule has 106 valence electrons. The van der Waals surface area contributed by atoms with Crippen LogP contribution in [0.3, 0.4) is 0 Å². The number of hydrogen-bond acceptors (Lipinski definition) is 2. The van der Waals surface area contributed by atoms with Gasteiger partial charge in [-0.05, 0) is 43.0 Å². The first kappa shape index (κ1) is 15.1. The molecule has 0 spiro atoms. The van der Waals surface area contributed by atoms with Gasteiger partial charge < -0.3 is 10.5 Å². The van der Waals surface area contributed by atoms with Gasteiger partial charge in [-0.3, -0.25) is 0 Å². The predicted octanol–water partition coefficient (Wildman–Crippen LogP) is 4.32. The third-order valence-corrected chi connectivity index (χ3v) is 4.41. The van der Waals surface area contributed by atoms with Gasteiger partial charge in [0.05, 0.1) is 7.11 Å². The minimum atomic E-state index is -0.0800. The number of methoxy groups -OCH3 is 1. The molecule has 0 heterocycles.